The van der Waals surface area contributed by atoms with Crippen molar-refractivity contribution in [2.24, 2.45) is 0 Å². The molecule has 0 bridgehead atoms. The van der Waals surface area contributed by atoms with Crippen LogP contribution in [0.3, 0.4) is 0 Å². The molecule has 1 aromatic rings. The number of rotatable bonds is 8. The molecule has 1 rings (SSSR count). The van der Waals surface area contributed by atoms with Gasteiger partial charge in [-0.3, -0.25) is 0 Å². The van der Waals surface area contributed by atoms with E-state index in [1.54, 1.807) is 0 Å². The van der Waals surface area contributed by atoms with Gasteiger partial charge in [0.15, 0.2) is 0 Å². The van der Waals surface area contributed by atoms with E-state index in [9.17, 15) is 31.7 Å². The minimum absolute atomic E-state index is 0.586. The molecule has 0 saturated carbocycles. The van der Waals surface area contributed by atoms with Crippen molar-refractivity contribution in [3.05, 3.63) is 47.3 Å². The maximum absolute atomic E-state index is 13.8. The van der Waals surface area contributed by atoms with E-state index in [-0.39, 0.29) is 0 Å². The van der Waals surface area contributed by atoms with Crippen molar-refractivity contribution in [3.8, 4) is 0 Å². The van der Waals surface area contributed by atoms with Crippen LogP contribution in [0.15, 0.2) is 12.7 Å². The average molecular weight is 445 g/mol. The summed E-state index contributed by atoms with van der Waals surface area (Å²) in [6.45, 7) is 5.96. The van der Waals surface area contributed by atoms with Gasteiger partial charge in [0.05, 0.1) is 0 Å². The van der Waals surface area contributed by atoms with Crippen LogP contribution in [0, 0.1) is 29.1 Å². The number of halogens is 7. The monoisotopic (exact) mass is 444 g/mol. The molecule has 0 saturated heterocycles. The Morgan fingerprint density at radius 1 is 1.04 bits per heavy atom. The maximum atomic E-state index is 13.8. The van der Waals surface area contributed by atoms with Crippen LogP contribution >= 0.6 is 28.5 Å². The Kier molecular flexibility index (Phi) is 7.08. The van der Waals surface area contributed by atoms with Crippen LogP contribution < -0.4 is 0 Å². The van der Waals surface area contributed by atoms with Crippen LogP contribution in [0.4, 0.5) is 22.0 Å². The molecule has 1 aromatic carbocycles. The fourth-order valence-electron chi connectivity index (χ4n) is 1.80. The summed E-state index contributed by atoms with van der Waals surface area (Å²) in [5, 5.41) is 0. The van der Waals surface area contributed by atoms with E-state index in [0.29, 0.717) is 0 Å². The third-order valence-electron chi connectivity index (χ3n) is 3.19. The zero-order valence-corrected chi connectivity index (χ0v) is 16.0. The quantitative estimate of drug-likeness (QED) is 0.197. The fraction of sp³-hybridized carbons (Fsp3) is 0.429. The summed E-state index contributed by atoms with van der Waals surface area (Å²) < 4.78 is 77.3. The predicted molar refractivity (Wildman–Crippen MR) is 88.1 cm³/mol. The van der Waals surface area contributed by atoms with Gasteiger partial charge in [0.25, 0.3) is 0 Å². The van der Waals surface area contributed by atoms with E-state index in [0.717, 1.165) is 0 Å². The summed E-state index contributed by atoms with van der Waals surface area (Å²) in [6.07, 6.45) is -1.32. The number of hydrogen-bond donors (Lipinski definition) is 2. The molecule has 0 amide bonds. The Balaban J connectivity index is 3.23. The van der Waals surface area contributed by atoms with Crippen molar-refractivity contribution in [2.45, 2.75) is 32.0 Å². The van der Waals surface area contributed by atoms with E-state index in [1.165, 1.54) is 19.9 Å². The van der Waals surface area contributed by atoms with Gasteiger partial charge in [-0.25, -0.2) is 0 Å². The predicted octanol–water partition coefficient (Wildman–Crippen LogP) is 4.88. The standard InChI is InChI=1S/C14H16Cl2F5O4P/c1-4-14(2,3)24-6-7(25-26(15,16,22)23)5-8-9(17)11(19)13(21)12(20)10(8)18/h4,7,22-23H,1,5-6H2,2-3H3. The summed E-state index contributed by atoms with van der Waals surface area (Å²) in [5.41, 5.74) is -2.24. The van der Waals surface area contributed by atoms with Gasteiger partial charge in [0.1, 0.15) is 0 Å². The second-order valence-electron chi connectivity index (χ2n) is 5.86. The molecule has 0 aliphatic heterocycles. The Labute approximate surface area is 155 Å². The van der Waals surface area contributed by atoms with Crippen LogP contribution in [-0.4, -0.2) is 28.1 Å². The van der Waals surface area contributed by atoms with E-state index in [4.69, 9.17) is 27.2 Å². The molecule has 0 aliphatic carbocycles. The summed E-state index contributed by atoms with van der Waals surface area (Å²) in [4.78, 5) is 18.9. The molecule has 0 aromatic heterocycles. The normalized spacial score (nSPS) is 15.4. The Morgan fingerprint density at radius 2 is 1.46 bits per heavy atom. The van der Waals surface area contributed by atoms with Crippen LogP contribution in [0.1, 0.15) is 19.4 Å². The van der Waals surface area contributed by atoms with Crippen LogP contribution in [0.5, 0.6) is 0 Å². The van der Waals surface area contributed by atoms with E-state index in [1.807, 2.05) is 0 Å². The van der Waals surface area contributed by atoms with Gasteiger partial charge in [-0.15, -0.1) is 0 Å². The molecule has 0 fully saturated rings. The molecule has 1 atom stereocenters. The van der Waals surface area contributed by atoms with Crippen molar-refractivity contribution < 1.29 is 41.0 Å². The zero-order chi connectivity index (χ0) is 20.5. The Bertz CT molecular complexity index is 671. The number of benzene rings is 1. The van der Waals surface area contributed by atoms with Crippen molar-refractivity contribution in [3.63, 3.8) is 0 Å². The van der Waals surface area contributed by atoms with Crippen LogP contribution in [0.2, 0.25) is 0 Å². The first kappa shape index (κ1) is 23.5. The molecule has 0 aliphatic rings. The molecule has 0 heterocycles. The van der Waals surface area contributed by atoms with Gasteiger partial charge in [0, 0.05) is 0 Å². The Morgan fingerprint density at radius 3 is 1.85 bits per heavy atom. The van der Waals surface area contributed by atoms with Gasteiger partial charge in [0.2, 0.25) is 0 Å². The number of ether oxygens (including phenoxy) is 1. The third-order valence-corrected chi connectivity index (χ3v) is 4.31. The first-order valence-electron chi connectivity index (χ1n) is 6.96. The van der Waals surface area contributed by atoms with Crippen molar-refractivity contribution in [1.29, 1.82) is 0 Å². The molecule has 150 valence electrons. The first-order chi connectivity index (χ1) is 11.5. The summed E-state index contributed by atoms with van der Waals surface area (Å²) in [6, 6.07) is 0. The minimum atomic E-state index is -5.69. The second kappa shape index (κ2) is 7.83. The number of hydrogen-bond acceptors (Lipinski definition) is 4. The van der Waals surface area contributed by atoms with E-state index in [2.05, 4.69) is 11.1 Å². The Hall–Kier alpha value is -0.540. The second-order valence-corrected chi connectivity index (χ2v) is 11.8. The zero-order valence-electron chi connectivity index (χ0n) is 13.6. The van der Waals surface area contributed by atoms with Crippen molar-refractivity contribution in [1.82, 2.24) is 0 Å². The molecule has 4 nitrogen and oxygen atoms in total. The molecule has 12 heteroatoms. The molecular weight excluding hydrogens is 429 g/mol. The first-order valence-corrected chi connectivity index (χ1v) is 10.8. The summed E-state index contributed by atoms with van der Waals surface area (Å²) >= 11 is 10.4. The van der Waals surface area contributed by atoms with E-state index >= 15 is 0 Å². The SMILES string of the molecule is C=CC(C)(C)OCC(Cc1c(F)c(F)c(F)c(F)c1F)OP(O)(O)(Cl)Cl. The molecule has 26 heavy (non-hydrogen) atoms. The molecule has 2 N–H and O–H groups in total. The van der Waals surface area contributed by atoms with Crippen LogP contribution in [0.25, 0.3) is 0 Å². The third kappa shape index (κ3) is 6.56. The van der Waals surface area contributed by atoms with Gasteiger partial charge in [-0.2, -0.15) is 0 Å². The van der Waals surface area contributed by atoms with Gasteiger partial charge in [-0.05, 0) is 0 Å². The van der Waals surface area contributed by atoms with E-state index < -0.39 is 65.4 Å². The van der Waals surface area contributed by atoms with Crippen LogP contribution in [-0.2, 0) is 15.7 Å². The summed E-state index contributed by atoms with van der Waals surface area (Å²) in [7, 11) is 0. The summed E-state index contributed by atoms with van der Waals surface area (Å²) in [5.74, 6) is -16.5. The molecule has 0 radical (unpaired) electrons. The van der Waals surface area contributed by atoms with Gasteiger partial charge in [-0.1, -0.05) is 0 Å². The van der Waals surface area contributed by atoms with Crippen molar-refractivity contribution in [2.75, 3.05) is 6.61 Å². The molecule has 1 unspecified atom stereocenters. The molecular formula is C14H16Cl2F5O4P. The van der Waals surface area contributed by atoms with Gasteiger partial charge >= 0.3 is 155 Å². The fourth-order valence-corrected chi connectivity index (χ4v) is 3.10. The topological polar surface area (TPSA) is 58.9 Å². The molecule has 0 spiro atoms. The average Bonchev–Trinajstić information content (AvgIpc) is 2.50. The van der Waals surface area contributed by atoms with Gasteiger partial charge < -0.3 is 0 Å². The van der Waals surface area contributed by atoms with Crippen molar-refractivity contribution >= 4 is 28.5 Å².